The predicted molar refractivity (Wildman–Crippen MR) is 310 cm³/mol. The molecule has 0 heterocycles. The van der Waals surface area contributed by atoms with Gasteiger partial charge in [0.25, 0.3) is 0 Å². The first-order valence-corrected chi connectivity index (χ1v) is 25.5. The van der Waals surface area contributed by atoms with Crippen LogP contribution in [0.25, 0.3) is 106 Å². The fourth-order valence-corrected chi connectivity index (χ4v) is 13.2. The average molecular weight is 913 g/mol. The molecular weight excluding hydrogens is 853 g/mol. The highest BCUT2D eigenvalue weighted by Crippen LogP contribution is 2.61. The molecule has 0 N–H and O–H groups in total. The first-order chi connectivity index (χ1) is 34.5. The van der Waals surface area contributed by atoms with E-state index >= 15 is 0 Å². The number of rotatable bonds is 10. The maximum atomic E-state index is 4.78. The Bertz CT molecular complexity index is 3890. The van der Waals surface area contributed by atoms with E-state index in [-0.39, 0.29) is 10.8 Å². The first-order valence-electron chi connectivity index (χ1n) is 25.5. The maximum Gasteiger partial charge on any atom is 0.0159 e. The topological polar surface area (TPSA) is 0 Å². The molecule has 0 aromatic heterocycles. The molecule has 0 radical (unpaired) electrons. The fourth-order valence-electron chi connectivity index (χ4n) is 13.2. The maximum absolute atomic E-state index is 4.78. The number of allylic oxidation sites excluding steroid dienone is 13. The van der Waals surface area contributed by atoms with E-state index < -0.39 is 0 Å². The van der Waals surface area contributed by atoms with Crippen LogP contribution in [0.3, 0.4) is 0 Å². The molecule has 0 nitrogen and oxygen atoms in total. The van der Waals surface area contributed by atoms with Crippen LogP contribution >= 0.6 is 0 Å². The lowest BCUT2D eigenvalue weighted by Crippen LogP contribution is -2.16. The quantitative estimate of drug-likeness (QED) is 0.0947. The normalized spacial score (nSPS) is 16.2. The minimum absolute atomic E-state index is 0.133. The van der Waals surface area contributed by atoms with Gasteiger partial charge in [0.1, 0.15) is 0 Å². The summed E-state index contributed by atoms with van der Waals surface area (Å²) < 4.78 is 0. The zero-order valence-corrected chi connectivity index (χ0v) is 42.1. The largest absolute Gasteiger partial charge is 0.0990 e. The summed E-state index contributed by atoms with van der Waals surface area (Å²) >= 11 is 0. The van der Waals surface area contributed by atoms with Gasteiger partial charge >= 0.3 is 0 Å². The number of hydrogen-bond acceptors (Lipinski definition) is 0. The van der Waals surface area contributed by atoms with Gasteiger partial charge in [-0.05, 0) is 207 Å². The van der Waals surface area contributed by atoms with E-state index in [9.17, 15) is 0 Å². The van der Waals surface area contributed by atoms with Crippen molar-refractivity contribution in [1.82, 2.24) is 0 Å². The second-order valence-corrected chi connectivity index (χ2v) is 21.0. The Labute approximate surface area is 420 Å². The lowest BCUT2D eigenvalue weighted by molar-refractivity contribution is 0.651. The molecule has 0 fully saturated rings. The molecule has 71 heavy (non-hydrogen) atoms. The SMILES string of the molecule is C=C/C=C(C=C)/C(=C/c1c(C=C)c(-c2ccc3c(c2)C(C)(C)C2=C3CCC=C2)c2c(c1-c1ccc3c(c1)C(C)(C)c1ccccc1-3)-c1cc3c4ccccc4ccc3c3cccc-2c13)CC(/C=C\C)=C/C. The van der Waals surface area contributed by atoms with Crippen LogP contribution in [0.4, 0.5) is 0 Å². The molecule has 0 bridgehead atoms. The lowest BCUT2D eigenvalue weighted by atomic mass is 9.76. The molecule has 0 unspecified atom stereocenters. The summed E-state index contributed by atoms with van der Waals surface area (Å²) in [7, 11) is 0. The zero-order chi connectivity index (χ0) is 48.9. The van der Waals surface area contributed by atoms with Crippen molar-refractivity contribution in [3.8, 4) is 55.6 Å². The molecule has 0 aliphatic heterocycles. The summed E-state index contributed by atoms with van der Waals surface area (Å²) in [5.41, 5.74) is 26.5. The Morgan fingerprint density at radius 3 is 2.04 bits per heavy atom. The summed E-state index contributed by atoms with van der Waals surface area (Å²) in [5.74, 6) is 0. The smallest absolute Gasteiger partial charge is 0.0159 e. The van der Waals surface area contributed by atoms with E-state index in [4.69, 9.17) is 6.58 Å². The van der Waals surface area contributed by atoms with Crippen molar-refractivity contribution in [2.24, 2.45) is 0 Å². The van der Waals surface area contributed by atoms with Crippen LogP contribution in [-0.4, -0.2) is 0 Å². The van der Waals surface area contributed by atoms with Crippen LogP contribution in [0.2, 0.25) is 0 Å². The van der Waals surface area contributed by atoms with Gasteiger partial charge in [-0.2, -0.15) is 0 Å². The Morgan fingerprint density at radius 2 is 1.28 bits per heavy atom. The fraction of sp³-hybridized carbons (Fsp3) is 0.155. The summed E-state index contributed by atoms with van der Waals surface area (Å²) in [6, 6.07) is 46.8. The van der Waals surface area contributed by atoms with Gasteiger partial charge in [-0.1, -0.05) is 205 Å². The van der Waals surface area contributed by atoms with Gasteiger partial charge in [0.15, 0.2) is 0 Å². The van der Waals surface area contributed by atoms with Crippen molar-refractivity contribution < 1.29 is 0 Å². The van der Waals surface area contributed by atoms with E-state index in [1.165, 1.54) is 132 Å². The van der Waals surface area contributed by atoms with Gasteiger partial charge in [-0.15, -0.1) is 0 Å². The van der Waals surface area contributed by atoms with Crippen molar-refractivity contribution in [2.45, 2.75) is 71.6 Å². The Balaban J connectivity index is 1.28. The summed E-state index contributed by atoms with van der Waals surface area (Å²) in [6.45, 7) is 27.2. The third-order valence-electron chi connectivity index (χ3n) is 16.6. The van der Waals surface area contributed by atoms with E-state index in [1.807, 2.05) is 12.2 Å². The number of fused-ring (bicyclic) bond motifs is 12. The second kappa shape index (κ2) is 16.7. The van der Waals surface area contributed by atoms with Gasteiger partial charge in [0.05, 0.1) is 0 Å². The van der Waals surface area contributed by atoms with Gasteiger partial charge in [-0.25, -0.2) is 0 Å². The van der Waals surface area contributed by atoms with Crippen molar-refractivity contribution >= 4 is 50.0 Å². The van der Waals surface area contributed by atoms with Crippen LogP contribution in [-0.2, 0) is 10.8 Å². The monoisotopic (exact) mass is 912 g/mol. The zero-order valence-electron chi connectivity index (χ0n) is 42.1. The predicted octanol–water partition coefficient (Wildman–Crippen LogP) is 20.1. The number of benzene rings is 8. The highest BCUT2D eigenvalue weighted by molar-refractivity contribution is 6.30. The van der Waals surface area contributed by atoms with Crippen LogP contribution in [0.15, 0.2) is 212 Å². The van der Waals surface area contributed by atoms with Crippen molar-refractivity contribution in [3.05, 3.63) is 245 Å². The Hall–Kier alpha value is -7.80. The van der Waals surface area contributed by atoms with Crippen LogP contribution < -0.4 is 0 Å². The molecular formula is C71H60. The standard InChI is InChI=1S/C71H60/c1-10-22-43(12-3)38-48(44(13-4)23-11-2)39-59-49(14-5)65(46-33-36-54-52-26-17-19-30-61(52)70(6,7)63(54)40-46)68-57-29-21-28-56-51-35-32-45-24-15-16-25-50(45)58(51)42-60(67(56)57)69(68)66(59)47-34-37-55-53-27-18-20-31-62(53)71(8,9)64(55)41-47/h10-16,18-25,27-37,39-42H,2,4-5,17,26,38H2,1,3,6-9H3/b22-10-,43-12+,44-23+,48-39+. The minimum atomic E-state index is -0.193. The van der Waals surface area contributed by atoms with E-state index in [0.29, 0.717) is 6.42 Å². The molecule has 0 saturated carbocycles. The third-order valence-corrected chi connectivity index (χ3v) is 16.6. The van der Waals surface area contributed by atoms with E-state index in [1.54, 1.807) is 0 Å². The van der Waals surface area contributed by atoms with Crippen molar-refractivity contribution in [1.29, 1.82) is 0 Å². The third kappa shape index (κ3) is 6.50. The van der Waals surface area contributed by atoms with Gasteiger partial charge in [0, 0.05) is 10.8 Å². The minimum Gasteiger partial charge on any atom is -0.0990 e. The first kappa shape index (κ1) is 44.4. The molecule has 12 rings (SSSR count). The Morgan fingerprint density at radius 1 is 0.592 bits per heavy atom. The molecule has 4 aliphatic carbocycles. The molecule has 0 heteroatoms. The molecule has 344 valence electrons. The Kier molecular flexibility index (Phi) is 10.4. The molecule has 0 atom stereocenters. The highest BCUT2D eigenvalue weighted by atomic mass is 14.4. The van der Waals surface area contributed by atoms with Crippen LogP contribution in [0.5, 0.6) is 0 Å². The number of hydrogen-bond donors (Lipinski definition) is 0. The molecule has 0 spiro atoms. The van der Waals surface area contributed by atoms with Crippen LogP contribution in [0.1, 0.15) is 94.2 Å². The summed E-state index contributed by atoms with van der Waals surface area (Å²) in [6.07, 6.45) is 24.9. The second-order valence-electron chi connectivity index (χ2n) is 21.0. The van der Waals surface area contributed by atoms with E-state index in [0.717, 1.165) is 29.5 Å². The average Bonchev–Trinajstić information content (AvgIpc) is 3.93. The molecule has 0 saturated heterocycles. The molecule has 4 aliphatic rings. The molecule has 8 aromatic carbocycles. The van der Waals surface area contributed by atoms with Gasteiger partial charge in [0.2, 0.25) is 0 Å². The van der Waals surface area contributed by atoms with Crippen molar-refractivity contribution in [2.75, 3.05) is 0 Å². The molecule has 0 amide bonds. The van der Waals surface area contributed by atoms with Crippen LogP contribution in [0, 0.1) is 0 Å². The summed E-state index contributed by atoms with van der Waals surface area (Å²) in [5, 5.41) is 7.66. The van der Waals surface area contributed by atoms with Gasteiger partial charge in [-0.3, -0.25) is 0 Å². The van der Waals surface area contributed by atoms with Gasteiger partial charge < -0.3 is 0 Å². The highest BCUT2D eigenvalue weighted by Gasteiger charge is 2.40. The molecule has 8 aromatic rings. The summed E-state index contributed by atoms with van der Waals surface area (Å²) in [4.78, 5) is 0. The van der Waals surface area contributed by atoms with Crippen molar-refractivity contribution in [3.63, 3.8) is 0 Å². The van der Waals surface area contributed by atoms with E-state index in [2.05, 4.69) is 225 Å². The lowest BCUT2D eigenvalue weighted by Gasteiger charge is -2.27.